The quantitative estimate of drug-likeness (QED) is 0.693. The standard InChI is InChI=1S/C18H18N6O2/c1-12-8-9-13(2)15(10-12)18(26)21-19-16(25)11-24-22-17(20-23-24)14-6-4-3-5-7-14/h3-10H,11H2,1-2H3,(H,19,25)(H,21,26). The molecule has 3 rings (SSSR count). The number of hydrogen-bond donors (Lipinski definition) is 2. The number of tetrazole rings is 1. The Balaban J connectivity index is 1.57. The molecule has 0 fully saturated rings. The molecule has 132 valence electrons. The third kappa shape index (κ3) is 4.10. The Labute approximate surface area is 150 Å². The lowest BCUT2D eigenvalue weighted by atomic mass is 10.1. The third-order valence-corrected chi connectivity index (χ3v) is 3.72. The van der Waals surface area contributed by atoms with Crippen LogP contribution in [0.5, 0.6) is 0 Å². The Morgan fingerprint density at radius 2 is 1.81 bits per heavy atom. The maximum Gasteiger partial charge on any atom is 0.269 e. The summed E-state index contributed by atoms with van der Waals surface area (Å²) in [6.45, 7) is 3.57. The van der Waals surface area contributed by atoms with Gasteiger partial charge in [-0.15, -0.1) is 10.2 Å². The summed E-state index contributed by atoms with van der Waals surface area (Å²) in [6, 6.07) is 14.9. The molecule has 0 radical (unpaired) electrons. The molecule has 1 aromatic heterocycles. The molecule has 2 N–H and O–H groups in total. The van der Waals surface area contributed by atoms with Gasteiger partial charge in [0.2, 0.25) is 5.82 Å². The first-order chi connectivity index (χ1) is 12.5. The highest BCUT2D eigenvalue weighted by Gasteiger charge is 2.12. The predicted molar refractivity (Wildman–Crippen MR) is 94.8 cm³/mol. The number of amides is 2. The first-order valence-corrected chi connectivity index (χ1v) is 8.02. The molecule has 0 spiro atoms. The lowest BCUT2D eigenvalue weighted by molar-refractivity contribution is -0.122. The van der Waals surface area contributed by atoms with E-state index in [2.05, 4.69) is 26.3 Å². The van der Waals surface area contributed by atoms with Gasteiger partial charge in [-0.1, -0.05) is 48.0 Å². The van der Waals surface area contributed by atoms with E-state index in [-0.39, 0.29) is 12.5 Å². The van der Waals surface area contributed by atoms with Gasteiger partial charge in [0.15, 0.2) is 0 Å². The number of carbonyl (C=O) groups excluding carboxylic acids is 2. The SMILES string of the molecule is Cc1ccc(C)c(C(=O)NNC(=O)Cn2nnc(-c3ccccc3)n2)c1. The van der Waals surface area contributed by atoms with Gasteiger partial charge in [0.25, 0.3) is 11.8 Å². The maximum absolute atomic E-state index is 12.2. The number of aromatic nitrogens is 4. The topological polar surface area (TPSA) is 102 Å². The summed E-state index contributed by atoms with van der Waals surface area (Å²) >= 11 is 0. The fourth-order valence-electron chi connectivity index (χ4n) is 2.36. The fraction of sp³-hybridized carbons (Fsp3) is 0.167. The average Bonchev–Trinajstić information content (AvgIpc) is 3.11. The Kier molecular flexibility index (Phi) is 5.02. The largest absolute Gasteiger partial charge is 0.271 e. The van der Waals surface area contributed by atoms with Gasteiger partial charge >= 0.3 is 0 Å². The molecule has 0 aliphatic rings. The van der Waals surface area contributed by atoms with Gasteiger partial charge in [0.05, 0.1) is 0 Å². The van der Waals surface area contributed by atoms with Gasteiger partial charge in [-0.2, -0.15) is 4.80 Å². The summed E-state index contributed by atoms with van der Waals surface area (Å²) in [5, 5.41) is 11.9. The zero-order chi connectivity index (χ0) is 18.5. The van der Waals surface area contributed by atoms with E-state index in [1.54, 1.807) is 6.07 Å². The Morgan fingerprint density at radius 3 is 2.58 bits per heavy atom. The Bertz CT molecular complexity index is 936. The van der Waals surface area contributed by atoms with Crippen LogP contribution in [0.3, 0.4) is 0 Å². The number of rotatable bonds is 4. The van der Waals surface area contributed by atoms with Crippen LogP contribution < -0.4 is 10.9 Å². The van der Waals surface area contributed by atoms with Crippen molar-refractivity contribution in [2.24, 2.45) is 0 Å². The molecule has 0 aliphatic carbocycles. The summed E-state index contributed by atoms with van der Waals surface area (Å²) < 4.78 is 0. The van der Waals surface area contributed by atoms with Crippen molar-refractivity contribution in [3.63, 3.8) is 0 Å². The first-order valence-electron chi connectivity index (χ1n) is 8.02. The van der Waals surface area contributed by atoms with Crippen LogP contribution in [-0.2, 0) is 11.3 Å². The summed E-state index contributed by atoms with van der Waals surface area (Å²) in [7, 11) is 0. The predicted octanol–water partition coefficient (Wildman–Crippen LogP) is 1.42. The van der Waals surface area contributed by atoms with Gasteiger partial charge in [-0.25, -0.2) is 0 Å². The van der Waals surface area contributed by atoms with Gasteiger partial charge in [0.1, 0.15) is 6.54 Å². The molecular formula is C18H18N6O2. The third-order valence-electron chi connectivity index (χ3n) is 3.72. The van der Waals surface area contributed by atoms with Crippen molar-refractivity contribution in [1.82, 2.24) is 31.1 Å². The van der Waals surface area contributed by atoms with Crippen LogP contribution in [0.25, 0.3) is 11.4 Å². The molecule has 0 atom stereocenters. The summed E-state index contributed by atoms with van der Waals surface area (Å²) in [4.78, 5) is 25.3. The summed E-state index contributed by atoms with van der Waals surface area (Å²) in [5.41, 5.74) is 7.87. The number of nitrogens with one attached hydrogen (secondary N) is 2. The van der Waals surface area contributed by atoms with E-state index in [0.717, 1.165) is 16.7 Å². The molecule has 0 saturated heterocycles. The van der Waals surface area contributed by atoms with E-state index in [0.29, 0.717) is 11.4 Å². The molecule has 8 heteroatoms. The molecule has 2 aromatic carbocycles. The highest BCUT2D eigenvalue weighted by atomic mass is 16.2. The number of aryl methyl sites for hydroxylation is 2. The smallest absolute Gasteiger partial charge is 0.269 e. The van der Waals surface area contributed by atoms with Crippen LogP contribution in [0.2, 0.25) is 0 Å². The van der Waals surface area contributed by atoms with Gasteiger partial charge in [-0.3, -0.25) is 20.4 Å². The van der Waals surface area contributed by atoms with Crippen LogP contribution in [0.1, 0.15) is 21.5 Å². The van der Waals surface area contributed by atoms with Crippen molar-refractivity contribution in [2.45, 2.75) is 20.4 Å². The van der Waals surface area contributed by atoms with Crippen molar-refractivity contribution >= 4 is 11.8 Å². The molecule has 0 saturated carbocycles. The zero-order valence-electron chi connectivity index (χ0n) is 14.4. The van der Waals surface area contributed by atoms with E-state index in [1.807, 2.05) is 56.3 Å². The molecular weight excluding hydrogens is 332 g/mol. The van der Waals surface area contributed by atoms with E-state index in [1.165, 1.54) is 4.80 Å². The van der Waals surface area contributed by atoms with Crippen molar-refractivity contribution < 1.29 is 9.59 Å². The van der Waals surface area contributed by atoms with E-state index >= 15 is 0 Å². The Hall–Kier alpha value is -3.55. The van der Waals surface area contributed by atoms with Crippen molar-refractivity contribution in [2.75, 3.05) is 0 Å². The van der Waals surface area contributed by atoms with Crippen LogP contribution >= 0.6 is 0 Å². The summed E-state index contributed by atoms with van der Waals surface area (Å²) in [5.74, 6) is -0.408. The number of nitrogens with zero attached hydrogens (tertiary/aromatic N) is 4. The minimum atomic E-state index is -0.458. The molecule has 26 heavy (non-hydrogen) atoms. The molecule has 2 amide bonds. The lowest BCUT2D eigenvalue weighted by Crippen LogP contribution is -2.43. The monoisotopic (exact) mass is 350 g/mol. The van der Waals surface area contributed by atoms with Gasteiger partial charge < -0.3 is 0 Å². The number of hydrazine groups is 1. The van der Waals surface area contributed by atoms with Gasteiger partial charge in [0, 0.05) is 11.1 Å². The van der Waals surface area contributed by atoms with Crippen LogP contribution in [0.4, 0.5) is 0 Å². The lowest BCUT2D eigenvalue weighted by Gasteiger charge is -2.09. The van der Waals surface area contributed by atoms with E-state index < -0.39 is 5.91 Å². The zero-order valence-corrected chi connectivity index (χ0v) is 14.4. The van der Waals surface area contributed by atoms with Crippen LogP contribution in [-0.4, -0.2) is 32.0 Å². The second-order valence-corrected chi connectivity index (χ2v) is 5.83. The van der Waals surface area contributed by atoms with Crippen molar-refractivity contribution in [3.8, 4) is 11.4 Å². The molecule has 0 unspecified atom stereocenters. The average molecular weight is 350 g/mol. The molecule has 1 heterocycles. The second-order valence-electron chi connectivity index (χ2n) is 5.83. The highest BCUT2D eigenvalue weighted by Crippen LogP contribution is 2.12. The molecule has 8 nitrogen and oxygen atoms in total. The fourth-order valence-corrected chi connectivity index (χ4v) is 2.36. The van der Waals surface area contributed by atoms with Crippen LogP contribution in [0.15, 0.2) is 48.5 Å². The maximum atomic E-state index is 12.2. The Morgan fingerprint density at radius 1 is 1.04 bits per heavy atom. The van der Waals surface area contributed by atoms with Crippen molar-refractivity contribution in [3.05, 3.63) is 65.2 Å². The molecule has 3 aromatic rings. The minimum Gasteiger partial charge on any atom is -0.271 e. The second kappa shape index (κ2) is 7.56. The van der Waals surface area contributed by atoms with Gasteiger partial charge in [-0.05, 0) is 30.7 Å². The highest BCUT2D eigenvalue weighted by molar-refractivity contribution is 5.96. The molecule has 0 bridgehead atoms. The van der Waals surface area contributed by atoms with E-state index in [9.17, 15) is 9.59 Å². The first kappa shape index (κ1) is 17.3. The molecule has 0 aliphatic heterocycles. The number of carbonyl (C=O) groups is 2. The number of hydrogen-bond acceptors (Lipinski definition) is 5. The summed E-state index contributed by atoms with van der Waals surface area (Å²) in [6.07, 6.45) is 0. The minimum absolute atomic E-state index is 0.160. The van der Waals surface area contributed by atoms with Crippen LogP contribution in [0, 0.1) is 13.8 Å². The van der Waals surface area contributed by atoms with E-state index in [4.69, 9.17) is 0 Å². The normalized spacial score (nSPS) is 10.4. The van der Waals surface area contributed by atoms with Crippen molar-refractivity contribution in [1.29, 1.82) is 0 Å². The number of benzene rings is 2.